The lowest BCUT2D eigenvalue weighted by Crippen LogP contribution is -2.57. The molecule has 0 aliphatic heterocycles. The zero-order chi connectivity index (χ0) is 13.6. The summed E-state index contributed by atoms with van der Waals surface area (Å²) < 4.78 is 0. The maximum Gasteiger partial charge on any atom is 0.320 e. The number of carbonyl (C=O) groups excluding carboxylic acids is 1. The minimum atomic E-state index is -0.617. The molecule has 0 saturated carbocycles. The summed E-state index contributed by atoms with van der Waals surface area (Å²) in [6.45, 7) is 3.90. The first-order valence-corrected chi connectivity index (χ1v) is 6.39. The largest absolute Gasteiger partial charge is 0.391 e. The van der Waals surface area contributed by atoms with E-state index >= 15 is 0 Å². The number of nitrogens with two attached hydrogens (primary N) is 1. The van der Waals surface area contributed by atoms with E-state index in [-0.39, 0.29) is 6.03 Å². The lowest BCUT2D eigenvalue weighted by Gasteiger charge is -2.31. The third kappa shape index (κ3) is 3.43. The molecule has 1 aromatic carbocycles. The Bertz CT molecular complexity index is 416. The summed E-state index contributed by atoms with van der Waals surface area (Å²) in [7, 11) is 0. The second kappa shape index (κ2) is 6.35. The van der Waals surface area contributed by atoms with E-state index in [1.54, 1.807) is 0 Å². The van der Waals surface area contributed by atoms with Crippen molar-refractivity contribution in [2.75, 3.05) is 5.32 Å². The monoisotopic (exact) mass is 265 g/mol. The molecular weight excluding hydrogens is 246 g/mol. The molecule has 0 radical (unpaired) electrons. The van der Waals surface area contributed by atoms with E-state index in [1.807, 2.05) is 44.2 Å². The van der Waals surface area contributed by atoms with E-state index < -0.39 is 5.54 Å². The summed E-state index contributed by atoms with van der Waals surface area (Å²) in [6, 6.07) is 8.95. The Hall–Kier alpha value is -1.62. The molecule has 5 heteroatoms. The van der Waals surface area contributed by atoms with E-state index in [0.29, 0.717) is 17.8 Å². The van der Waals surface area contributed by atoms with Crippen LogP contribution >= 0.6 is 12.2 Å². The number of thiocarbonyl (C=S) groups is 1. The number of amides is 2. The van der Waals surface area contributed by atoms with Gasteiger partial charge in [-0.25, -0.2) is 4.79 Å². The zero-order valence-corrected chi connectivity index (χ0v) is 11.5. The number of urea groups is 1. The van der Waals surface area contributed by atoms with Crippen LogP contribution in [0.5, 0.6) is 0 Å². The fourth-order valence-electron chi connectivity index (χ4n) is 1.74. The zero-order valence-electron chi connectivity index (χ0n) is 10.7. The third-order valence-corrected chi connectivity index (χ3v) is 3.45. The molecule has 0 fully saturated rings. The Balaban J connectivity index is 2.71. The van der Waals surface area contributed by atoms with Gasteiger partial charge >= 0.3 is 6.03 Å². The van der Waals surface area contributed by atoms with Crippen molar-refractivity contribution in [2.45, 2.75) is 32.2 Å². The number of nitrogens with one attached hydrogen (secondary N) is 2. The molecular formula is C13H19N3OS. The lowest BCUT2D eigenvalue weighted by atomic mass is 9.93. The van der Waals surface area contributed by atoms with E-state index in [4.69, 9.17) is 18.0 Å². The predicted octanol–water partition coefficient (Wildman–Crippen LogP) is 2.65. The van der Waals surface area contributed by atoms with Gasteiger partial charge in [-0.05, 0) is 25.0 Å². The van der Waals surface area contributed by atoms with E-state index in [9.17, 15) is 4.79 Å². The van der Waals surface area contributed by atoms with E-state index in [1.165, 1.54) is 0 Å². The predicted molar refractivity (Wildman–Crippen MR) is 78.7 cm³/mol. The van der Waals surface area contributed by atoms with Crippen LogP contribution in [-0.2, 0) is 0 Å². The third-order valence-electron chi connectivity index (χ3n) is 3.06. The van der Waals surface area contributed by atoms with E-state index in [0.717, 1.165) is 5.69 Å². The van der Waals surface area contributed by atoms with Crippen molar-refractivity contribution in [1.82, 2.24) is 5.32 Å². The Morgan fingerprint density at radius 3 is 2.28 bits per heavy atom. The SMILES string of the molecule is CCC(CC)(NC(=O)Nc1ccccc1)C(N)=S. The molecule has 0 heterocycles. The van der Waals surface area contributed by atoms with Crippen molar-refractivity contribution in [3.63, 3.8) is 0 Å². The second-order valence-corrected chi connectivity index (χ2v) is 4.54. The van der Waals surface area contributed by atoms with Crippen LogP contribution in [0.15, 0.2) is 30.3 Å². The highest BCUT2D eigenvalue weighted by Crippen LogP contribution is 2.16. The van der Waals surface area contributed by atoms with Gasteiger partial charge in [0.2, 0.25) is 0 Å². The molecule has 0 unspecified atom stereocenters. The van der Waals surface area contributed by atoms with Crippen molar-refractivity contribution in [3.05, 3.63) is 30.3 Å². The molecule has 0 bridgehead atoms. The van der Waals surface area contributed by atoms with Crippen LogP contribution in [0.1, 0.15) is 26.7 Å². The molecule has 1 rings (SSSR count). The summed E-state index contributed by atoms with van der Waals surface area (Å²) in [5, 5.41) is 5.62. The van der Waals surface area contributed by atoms with Gasteiger partial charge in [0, 0.05) is 5.69 Å². The van der Waals surface area contributed by atoms with Gasteiger partial charge in [-0.3, -0.25) is 0 Å². The van der Waals surface area contributed by atoms with Crippen LogP contribution in [0.2, 0.25) is 0 Å². The maximum absolute atomic E-state index is 11.9. The van der Waals surface area contributed by atoms with Crippen LogP contribution in [0.4, 0.5) is 10.5 Å². The summed E-state index contributed by atoms with van der Waals surface area (Å²) in [5.41, 5.74) is 5.84. The molecule has 0 aliphatic carbocycles. The highest BCUT2D eigenvalue weighted by molar-refractivity contribution is 7.80. The molecule has 4 nitrogen and oxygen atoms in total. The maximum atomic E-state index is 11.9. The van der Waals surface area contributed by atoms with Crippen molar-refractivity contribution >= 4 is 28.9 Å². The minimum absolute atomic E-state index is 0.294. The highest BCUT2D eigenvalue weighted by Gasteiger charge is 2.31. The molecule has 0 spiro atoms. The van der Waals surface area contributed by atoms with Crippen LogP contribution in [-0.4, -0.2) is 16.6 Å². The van der Waals surface area contributed by atoms with Gasteiger partial charge in [-0.1, -0.05) is 44.3 Å². The molecule has 2 amide bonds. The molecule has 0 aromatic heterocycles. The van der Waals surface area contributed by atoms with Crippen LogP contribution < -0.4 is 16.4 Å². The van der Waals surface area contributed by atoms with Crippen molar-refractivity contribution in [3.8, 4) is 0 Å². The molecule has 18 heavy (non-hydrogen) atoms. The van der Waals surface area contributed by atoms with Crippen LogP contribution in [0.25, 0.3) is 0 Å². The molecule has 0 saturated heterocycles. The number of hydrogen-bond donors (Lipinski definition) is 3. The standard InChI is InChI=1S/C13H19N3OS/c1-3-13(4-2,11(14)18)16-12(17)15-10-8-6-5-7-9-10/h5-9H,3-4H2,1-2H3,(H2,14,18)(H2,15,16,17). The number of anilines is 1. The van der Waals surface area contributed by atoms with Gasteiger partial charge in [0.15, 0.2) is 0 Å². The Morgan fingerprint density at radius 1 is 1.28 bits per heavy atom. The summed E-state index contributed by atoms with van der Waals surface area (Å²) in [4.78, 5) is 12.2. The Kier molecular flexibility index (Phi) is 5.09. The Labute approximate surface area is 113 Å². The first-order valence-electron chi connectivity index (χ1n) is 5.98. The van der Waals surface area contributed by atoms with Gasteiger partial charge < -0.3 is 16.4 Å². The summed E-state index contributed by atoms with van der Waals surface area (Å²) in [6.07, 6.45) is 1.34. The second-order valence-electron chi connectivity index (χ2n) is 4.10. The van der Waals surface area contributed by atoms with Gasteiger partial charge in [-0.2, -0.15) is 0 Å². The number of hydrogen-bond acceptors (Lipinski definition) is 2. The normalized spacial score (nSPS) is 10.8. The Morgan fingerprint density at radius 2 is 1.83 bits per heavy atom. The number of benzene rings is 1. The fraction of sp³-hybridized carbons (Fsp3) is 0.385. The molecule has 98 valence electrons. The fourth-order valence-corrected chi connectivity index (χ4v) is 2.08. The minimum Gasteiger partial charge on any atom is -0.391 e. The summed E-state index contributed by atoms with van der Waals surface area (Å²) >= 11 is 5.05. The number of carbonyl (C=O) groups is 1. The van der Waals surface area contributed by atoms with E-state index in [2.05, 4.69) is 10.6 Å². The number of rotatable bonds is 5. The van der Waals surface area contributed by atoms with Crippen molar-refractivity contribution in [1.29, 1.82) is 0 Å². The molecule has 1 aromatic rings. The highest BCUT2D eigenvalue weighted by atomic mass is 32.1. The lowest BCUT2D eigenvalue weighted by molar-refractivity contribution is 0.243. The average molecular weight is 265 g/mol. The quantitative estimate of drug-likeness (QED) is 0.717. The van der Waals surface area contributed by atoms with Crippen LogP contribution in [0, 0.1) is 0 Å². The van der Waals surface area contributed by atoms with Gasteiger partial charge in [-0.15, -0.1) is 0 Å². The van der Waals surface area contributed by atoms with Gasteiger partial charge in [0.1, 0.15) is 0 Å². The summed E-state index contributed by atoms with van der Waals surface area (Å²) in [5.74, 6) is 0. The first-order chi connectivity index (χ1) is 8.54. The van der Waals surface area contributed by atoms with Crippen molar-refractivity contribution < 1.29 is 4.79 Å². The smallest absolute Gasteiger partial charge is 0.320 e. The first kappa shape index (κ1) is 14.4. The molecule has 0 aliphatic rings. The average Bonchev–Trinajstić information content (AvgIpc) is 2.37. The van der Waals surface area contributed by atoms with Crippen molar-refractivity contribution in [2.24, 2.45) is 5.73 Å². The molecule has 4 N–H and O–H groups in total. The van der Waals surface area contributed by atoms with Gasteiger partial charge in [0.05, 0.1) is 10.5 Å². The van der Waals surface area contributed by atoms with Gasteiger partial charge in [0.25, 0.3) is 0 Å². The number of para-hydroxylation sites is 1. The topological polar surface area (TPSA) is 67.2 Å². The molecule has 0 atom stereocenters. The van der Waals surface area contributed by atoms with Crippen LogP contribution in [0.3, 0.4) is 0 Å².